The van der Waals surface area contributed by atoms with E-state index in [-0.39, 0.29) is 0 Å². The molecule has 1 rings (SSSR count). The molecule has 0 saturated heterocycles. The molecule has 0 atom stereocenters. The number of carbonyl (C=O) groups excluding carboxylic acids is 1. The van der Waals surface area contributed by atoms with Crippen molar-refractivity contribution >= 4 is 6.16 Å². The van der Waals surface area contributed by atoms with Gasteiger partial charge >= 0.3 is 6.16 Å². The van der Waals surface area contributed by atoms with Gasteiger partial charge in [0.05, 0.1) is 12.2 Å². The van der Waals surface area contributed by atoms with Crippen LogP contribution in [0.3, 0.4) is 0 Å². The first kappa shape index (κ1) is 14.7. The van der Waals surface area contributed by atoms with Crippen LogP contribution in [0.2, 0.25) is 0 Å². The van der Waals surface area contributed by atoms with E-state index >= 15 is 0 Å². The predicted molar refractivity (Wildman–Crippen MR) is 71.7 cm³/mol. The molecule has 0 N–H and O–H groups in total. The van der Waals surface area contributed by atoms with E-state index in [1.807, 2.05) is 6.92 Å². The highest BCUT2D eigenvalue weighted by atomic mass is 16.7. The van der Waals surface area contributed by atoms with Crippen LogP contribution in [0.4, 0.5) is 4.79 Å². The lowest BCUT2D eigenvalue weighted by Crippen LogP contribution is -2.11. The van der Waals surface area contributed by atoms with Crippen molar-refractivity contribution in [1.29, 1.82) is 0 Å². The van der Waals surface area contributed by atoms with Gasteiger partial charge in [0.25, 0.3) is 0 Å². The molecule has 0 radical (unpaired) electrons. The molecule has 19 heavy (non-hydrogen) atoms. The number of benzene rings is 1. The summed E-state index contributed by atoms with van der Waals surface area (Å²) < 4.78 is 14.9. The average molecular weight is 260 g/mol. The summed E-state index contributed by atoms with van der Waals surface area (Å²) in [4.78, 5) is 11.4. The van der Waals surface area contributed by atoms with Crippen LogP contribution in [-0.4, -0.2) is 19.4 Å². The standard InChI is InChI=1S/C15H16O4/c1-3-10-17-12-9-13-7-5-6-8-14(13)19-15(16)18-11-4-2/h3,5-8H,1,4,10-11H2,2H3. The second kappa shape index (κ2) is 8.65. The Balaban J connectivity index is 2.69. The van der Waals surface area contributed by atoms with E-state index in [9.17, 15) is 4.79 Å². The Hall–Kier alpha value is -2.41. The summed E-state index contributed by atoms with van der Waals surface area (Å²) >= 11 is 0. The summed E-state index contributed by atoms with van der Waals surface area (Å²) in [5, 5.41) is 0. The quantitative estimate of drug-likeness (QED) is 0.268. The summed E-state index contributed by atoms with van der Waals surface area (Å²) in [5.41, 5.74) is 0.556. The number of para-hydroxylation sites is 1. The molecule has 0 bridgehead atoms. The lowest BCUT2D eigenvalue weighted by atomic mass is 10.2. The van der Waals surface area contributed by atoms with Crippen molar-refractivity contribution in [2.45, 2.75) is 13.3 Å². The number of carbonyl (C=O) groups is 1. The minimum absolute atomic E-state index is 0.328. The van der Waals surface area contributed by atoms with Gasteiger partial charge in [0.1, 0.15) is 18.5 Å². The van der Waals surface area contributed by atoms with Crippen molar-refractivity contribution < 1.29 is 19.0 Å². The van der Waals surface area contributed by atoms with Gasteiger partial charge in [0.15, 0.2) is 0 Å². The Bertz CT molecular complexity index is 482. The van der Waals surface area contributed by atoms with E-state index in [2.05, 4.69) is 18.6 Å². The molecule has 0 aromatic heterocycles. The van der Waals surface area contributed by atoms with E-state index in [0.717, 1.165) is 6.42 Å². The van der Waals surface area contributed by atoms with Crippen LogP contribution < -0.4 is 4.74 Å². The van der Waals surface area contributed by atoms with Crippen LogP contribution in [0, 0.1) is 12.0 Å². The zero-order valence-electron chi connectivity index (χ0n) is 10.8. The summed E-state index contributed by atoms with van der Waals surface area (Å²) in [6.45, 7) is 6.09. The molecule has 100 valence electrons. The van der Waals surface area contributed by atoms with Gasteiger partial charge in [-0.3, -0.25) is 0 Å². The fourth-order valence-electron chi connectivity index (χ4n) is 1.16. The molecule has 0 amide bonds. The first-order valence-electron chi connectivity index (χ1n) is 5.95. The topological polar surface area (TPSA) is 44.8 Å². The van der Waals surface area contributed by atoms with Crippen molar-refractivity contribution in [3.63, 3.8) is 0 Å². The maximum absolute atomic E-state index is 11.4. The first-order chi connectivity index (χ1) is 9.27. The predicted octanol–water partition coefficient (Wildman–Crippen LogP) is 3.12. The first-order valence-corrected chi connectivity index (χ1v) is 5.95. The smallest absolute Gasteiger partial charge is 0.442 e. The van der Waals surface area contributed by atoms with Crippen molar-refractivity contribution in [2.75, 3.05) is 13.2 Å². The fourth-order valence-corrected chi connectivity index (χ4v) is 1.16. The van der Waals surface area contributed by atoms with Crippen molar-refractivity contribution in [3.8, 4) is 17.8 Å². The van der Waals surface area contributed by atoms with Crippen LogP contribution in [0.25, 0.3) is 0 Å². The Morgan fingerprint density at radius 2 is 2.21 bits per heavy atom. The number of hydrogen-bond donors (Lipinski definition) is 0. The molecule has 4 nitrogen and oxygen atoms in total. The maximum Gasteiger partial charge on any atom is 0.513 e. The highest BCUT2D eigenvalue weighted by Gasteiger charge is 2.08. The minimum Gasteiger partial charge on any atom is -0.442 e. The van der Waals surface area contributed by atoms with Crippen LogP contribution >= 0.6 is 0 Å². The van der Waals surface area contributed by atoms with E-state index in [4.69, 9.17) is 14.2 Å². The van der Waals surface area contributed by atoms with Gasteiger partial charge < -0.3 is 14.2 Å². The van der Waals surface area contributed by atoms with Gasteiger partial charge in [-0.1, -0.05) is 31.7 Å². The molecule has 0 aliphatic rings. The molecule has 0 fully saturated rings. The second-order valence-electron chi connectivity index (χ2n) is 3.52. The third-order valence-electron chi connectivity index (χ3n) is 1.96. The monoisotopic (exact) mass is 260 g/mol. The van der Waals surface area contributed by atoms with Gasteiger partial charge in [-0.15, -0.1) is 0 Å². The van der Waals surface area contributed by atoms with E-state index in [1.165, 1.54) is 0 Å². The third-order valence-corrected chi connectivity index (χ3v) is 1.96. The molecule has 0 heterocycles. The Morgan fingerprint density at radius 1 is 1.42 bits per heavy atom. The van der Waals surface area contributed by atoms with Crippen LogP contribution in [0.1, 0.15) is 18.9 Å². The Kier molecular flexibility index (Phi) is 6.67. The molecule has 0 unspecified atom stereocenters. The zero-order chi connectivity index (χ0) is 13.9. The molecule has 0 aliphatic carbocycles. The van der Waals surface area contributed by atoms with E-state index in [1.54, 1.807) is 30.3 Å². The second-order valence-corrected chi connectivity index (χ2v) is 3.52. The lowest BCUT2D eigenvalue weighted by molar-refractivity contribution is 0.0990. The minimum atomic E-state index is -0.733. The number of ether oxygens (including phenoxy) is 3. The number of hydrogen-bond acceptors (Lipinski definition) is 4. The molecule has 0 spiro atoms. The SMILES string of the molecule is C=CCOC#Cc1ccccc1OC(=O)OCCC. The molecule has 0 aliphatic heterocycles. The van der Waals surface area contributed by atoms with Crippen LogP contribution in [0.5, 0.6) is 5.75 Å². The number of rotatable bonds is 5. The summed E-state index contributed by atoms with van der Waals surface area (Å²) in [6.07, 6.45) is 4.11. The van der Waals surface area contributed by atoms with Crippen molar-refractivity contribution in [3.05, 3.63) is 42.5 Å². The summed E-state index contributed by atoms with van der Waals surface area (Å²) in [7, 11) is 0. The van der Waals surface area contributed by atoms with Crippen molar-refractivity contribution in [2.24, 2.45) is 0 Å². The van der Waals surface area contributed by atoms with Gasteiger partial charge in [0.2, 0.25) is 0 Å². The van der Waals surface area contributed by atoms with Gasteiger partial charge in [-0.25, -0.2) is 4.79 Å². The largest absolute Gasteiger partial charge is 0.513 e. The highest BCUT2D eigenvalue weighted by Crippen LogP contribution is 2.17. The Labute approximate surface area is 113 Å². The molecular formula is C15H16O4. The normalized spacial score (nSPS) is 8.89. The molecular weight excluding hydrogens is 244 g/mol. The van der Waals surface area contributed by atoms with E-state index in [0.29, 0.717) is 24.5 Å². The third kappa shape index (κ3) is 5.64. The van der Waals surface area contributed by atoms with Gasteiger partial charge in [-0.05, 0) is 24.5 Å². The molecule has 0 saturated carbocycles. The Morgan fingerprint density at radius 3 is 2.95 bits per heavy atom. The molecule has 4 heteroatoms. The van der Waals surface area contributed by atoms with Crippen molar-refractivity contribution in [1.82, 2.24) is 0 Å². The average Bonchev–Trinajstić information content (AvgIpc) is 2.43. The fraction of sp³-hybridized carbons (Fsp3) is 0.267. The van der Waals surface area contributed by atoms with E-state index < -0.39 is 6.16 Å². The van der Waals surface area contributed by atoms with Crippen LogP contribution in [0.15, 0.2) is 36.9 Å². The van der Waals surface area contributed by atoms with Gasteiger partial charge in [-0.2, -0.15) is 0 Å². The van der Waals surface area contributed by atoms with Gasteiger partial charge in [0, 0.05) is 0 Å². The molecule has 1 aromatic carbocycles. The summed E-state index contributed by atoms with van der Waals surface area (Å²) in [5.74, 6) is 3.10. The molecule has 1 aromatic rings. The zero-order valence-corrected chi connectivity index (χ0v) is 10.8. The van der Waals surface area contributed by atoms with Crippen LogP contribution in [-0.2, 0) is 9.47 Å². The lowest BCUT2D eigenvalue weighted by Gasteiger charge is -2.06. The highest BCUT2D eigenvalue weighted by molar-refractivity contribution is 5.65. The summed E-state index contributed by atoms with van der Waals surface area (Å²) in [6, 6.07) is 6.91. The maximum atomic E-state index is 11.4.